The molecule has 1 aliphatic rings. The van der Waals surface area contributed by atoms with Crippen molar-refractivity contribution in [3.8, 4) is 0 Å². The standard InChI is InChI=1S/C20H21BrN2O5S/c21-17-8-4-5-9-18(17)22-19(24)14-28-20(25)15-10-12-23(13-11-15)29(26,27)16-6-2-1-3-7-16/h1-9,15H,10-14H2,(H,22,24). The quantitative estimate of drug-likeness (QED) is 0.641. The van der Waals surface area contributed by atoms with Crippen LogP contribution in [0.5, 0.6) is 0 Å². The number of carbonyl (C=O) groups excluding carboxylic acids is 2. The van der Waals surface area contributed by atoms with Crippen molar-refractivity contribution < 1.29 is 22.7 Å². The molecule has 2 aromatic carbocycles. The van der Waals surface area contributed by atoms with Crippen LogP contribution in [0.15, 0.2) is 64.0 Å². The second-order valence-electron chi connectivity index (χ2n) is 6.63. The number of halogens is 1. The monoisotopic (exact) mass is 480 g/mol. The summed E-state index contributed by atoms with van der Waals surface area (Å²) in [5.41, 5.74) is 0.591. The number of piperidine rings is 1. The molecule has 9 heteroatoms. The van der Waals surface area contributed by atoms with Gasteiger partial charge < -0.3 is 10.1 Å². The maximum Gasteiger partial charge on any atom is 0.309 e. The Morgan fingerprint density at radius 2 is 1.66 bits per heavy atom. The lowest BCUT2D eigenvalue weighted by atomic mass is 9.98. The lowest BCUT2D eigenvalue weighted by Gasteiger charge is -2.30. The van der Waals surface area contributed by atoms with Crippen molar-refractivity contribution >= 4 is 43.5 Å². The minimum atomic E-state index is -3.56. The van der Waals surface area contributed by atoms with E-state index in [0.29, 0.717) is 18.5 Å². The van der Waals surface area contributed by atoms with Crippen molar-refractivity contribution in [1.82, 2.24) is 4.31 Å². The minimum Gasteiger partial charge on any atom is -0.455 e. The van der Waals surface area contributed by atoms with Crippen molar-refractivity contribution in [1.29, 1.82) is 0 Å². The fourth-order valence-electron chi connectivity index (χ4n) is 3.08. The Morgan fingerprint density at radius 1 is 1.03 bits per heavy atom. The molecule has 7 nitrogen and oxygen atoms in total. The van der Waals surface area contributed by atoms with Crippen LogP contribution >= 0.6 is 15.9 Å². The molecule has 0 bridgehead atoms. The summed E-state index contributed by atoms with van der Waals surface area (Å²) in [5.74, 6) is -1.34. The molecule has 2 aromatic rings. The Labute approximate surface area is 178 Å². The highest BCUT2D eigenvalue weighted by Gasteiger charge is 2.32. The maximum atomic E-state index is 12.6. The van der Waals surface area contributed by atoms with Crippen LogP contribution in [-0.4, -0.2) is 44.3 Å². The molecule has 3 rings (SSSR count). The van der Waals surface area contributed by atoms with E-state index in [9.17, 15) is 18.0 Å². The van der Waals surface area contributed by atoms with Crippen LogP contribution < -0.4 is 5.32 Å². The van der Waals surface area contributed by atoms with Gasteiger partial charge in [0.05, 0.1) is 16.5 Å². The Bertz CT molecular complexity index is 973. The van der Waals surface area contributed by atoms with Gasteiger partial charge in [-0.1, -0.05) is 30.3 Å². The van der Waals surface area contributed by atoms with Crippen LogP contribution in [0.4, 0.5) is 5.69 Å². The van der Waals surface area contributed by atoms with Gasteiger partial charge in [0.2, 0.25) is 10.0 Å². The second kappa shape index (κ2) is 9.51. The lowest BCUT2D eigenvalue weighted by molar-refractivity contribution is -0.152. The van der Waals surface area contributed by atoms with E-state index >= 15 is 0 Å². The smallest absolute Gasteiger partial charge is 0.309 e. The van der Waals surface area contributed by atoms with Gasteiger partial charge in [-0.15, -0.1) is 0 Å². The molecular weight excluding hydrogens is 460 g/mol. The fraction of sp³-hybridized carbons (Fsp3) is 0.300. The van der Waals surface area contributed by atoms with Gasteiger partial charge in [-0.3, -0.25) is 9.59 Å². The highest BCUT2D eigenvalue weighted by atomic mass is 79.9. The molecule has 0 atom stereocenters. The van der Waals surface area contributed by atoms with E-state index in [4.69, 9.17) is 4.74 Å². The molecule has 0 radical (unpaired) electrons. The summed E-state index contributed by atoms with van der Waals surface area (Å²) >= 11 is 3.33. The van der Waals surface area contributed by atoms with Crippen LogP contribution in [0.25, 0.3) is 0 Å². The molecule has 1 saturated heterocycles. The van der Waals surface area contributed by atoms with Gasteiger partial charge in [0, 0.05) is 17.6 Å². The number of amides is 1. The summed E-state index contributed by atoms with van der Waals surface area (Å²) in [6.45, 7) is 0.0863. The van der Waals surface area contributed by atoms with E-state index in [0.717, 1.165) is 4.47 Å². The number of benzene rings is 2. The number of hydrogen-bond donors (Lipinski definition) is 1. The van der Waals surface area contributed by atoms with E-state index < -0.39 is 27.8 Å². The van der Waals surface area contributed by atoms with Crippen LogP contribution in [-0.2, 0) is 24.3 Å². The predicted molar refractivity (Wildman–Crippen MR) is 112 cm³/mol. The summed E-state index contributed by atoms with van der Waals surface area (Å²) in [7, 11) is -3.56. The SMILES string of the molecule is O=C(COC(=O)C1CCN(S(=O)(=O)c2ccccc2)CC1)Nc1ccccc1Br. The third-order valence-electron chi connectivity index (χ3n) is 4.66. The number of sulfonamides is 1. The zero-order chi connectivity index (χ0) is 20.9. The highest BCUT2D eigenvalue weighted by Crippen LogP contribution is 2.25. The number of carbonyl (C=O) groups is 2. The van der Waals surface area contributed by atoms with Crippen molar-refractivity contribution in [2.24, 2.45) is 5.92 Å². The number of para-hydroxylation sites is 1. The summed E-state index contributed by atoms with van der Waals surface area (Å²) in [6, 6.07) is 15.3. The van der Waals surface area contributed by atoms with Gasteiger partial charge in [-0.25, -0.2) is 8.42 Å². The van der Waals surface area contributed by atoms with Crippen molar-refractivity contribution in [3.63, 3.8) is 0 Å². The first-order valence-electron chi connectivity index (χ1n) is 9.14. The average molecular weight is 481 g/mol. The summed E-state index contributed by atoms with van der Waals surface area (Å²) in [4.78, 5) is 24.5. The molecule has 0 saturated carbocycles. The van der Waals surface area contributed by atoms with Gasteiger partial charge in [0.1, 0.15) is 0 Å². The number of ether oxygens (including phenoxy) is 1. The molecule has 1 heterocycles. The third-order valence-corrected chi connectivity index (χ3v) is 7.27. The summed E-state index contributed by atoms with van der Waals surface area (Å²) in [6.07, 6.45) is 0.716. The molecule has 1 aliphatic heterocycles. The van der Waals surface area contributed by atoms with Crippen molar-refractivity contribution in [3.05, 3.63) is 59.1 Å². The molecule has 0 aliphatic carbocycles. The first-order chi connectivity index (χ1) is 13.9. The van der Waals surface area contributed by atoms with Crippen LogP contribution in [0.3, 0.4) is 0 Å². The van der Waals surface area contributed by atoms with E-state index in [1.807, 2.05) is 6.07 Å². The first-order valence-corrected chi connectivity index (χ1v) is 11.4. The third kappa shape index (κ3) is 5.43. The Morgan fingerprint density at radius 3 is 2.31 bits per heavy atom. The van der Waals surface area contributed by atoms with E-state index in [-0.39, 0.29) is 24.6 Å². The average Bonchev–Trinajstić information content (AvgIpc) is 2.74. The maximum absolute atomic E-state index is 12.6. The molecule has 154 valence electrons. The molecule has 29 heavy (non-hydrogen) atoms. The number of esters is 1. The van der Waals surface area contributed by atoms with E-state index in [1.165, 1.54) is 4.31 Å². The first kappa shape index (κ1) is 21.5. The van der Waals surface area contributed by atoms with Gasteiger partial charge >= 0.3 is 5.97 Å². The number of anilines is 1. The fourth-order valence-corrected chi connectivity index (χ4v) is 4.95. The molecule has 1 fully saturated rings. The predicted octanol–water partition coefficient (Wildman–Crippen LogP) is 3.03. The normalized spacial score (nSPS) is 15.6. The van der Waals surface area contributed by atoms with Crippen LogP contribution in [0.2, 0.25) is 0 Å². The Kier molecular flexibility index (Phi) is 7.05. The van der Waals surface area contributed by atoms with Gasteiger partial charge in [-0.2, -0.15) is 4.31 Å². The molecule has 0 spiro atoms. The zero-order valence-electron chi connectivity index (χ0n) is 15.6. The Hall–Kier alpha value is -2.23. The van der Waals surface area contributed by atoms with Gasteiger partial charge in [0.15, 0.2) is 6.61 Å². The number of hydrogen-bond acceptors (Lipinski definition) is 5. The van der Waals surface area contributed by atoms with Crippen molar-refractivity contribution in [2.45, 2.75) is 17.7 Å². The number of nitrogens with zero attached hydrogens (tertiary/aromatic N) is 1. The largest absolute Gasteiger partial charge is 0.455 e. The molecule has 0 aromatic heterocycles. The number of nitrogens with one attached hydrogen (secondary N) is 1. The molecular formula is C20H21BrN2O5S. The van der Waals surface area contributed by atoms with E-state index in [1.54, 1.807) is 48.5 Å². The molecule has 0 unspecified atom stereocenters. The Balaban J connectivity index is 1.48. The summed E-state index contributed by atoms with van der Waals surface area (Å²) in [5, 5.41) is 2.66. The van der Waals surface area contributed by atoms with E-state index in [2.05, 4.69) is 21.2 Å². The minimum absolute atomic E-state index is 0.236. The van der Waals surface area contributed by atoms with Gasteiger partial charge in [0.25, 0.3) is 5.91 Å². The highest BCUT2D eigenvalue weighted by molar-refractivity contribution is 9.10. The zero-order valence-corrected chi connectivity index (χ0v) is 18.0. The van der Waals surface area contributed by atoms with Crippen LogP contribution in [0.1, 0.15) is 12.8 Å². The number of rotatable bonds is 6. The second-order valence-corrected chi connectivity index (χ2v) is 9.42. The van der Waals surface area contributed by atoms with Crippen molar-refractivity contribution in [2.75, 3.05) is 25.0 Å². The molecule has 1 amide bonds. The van der Waals surface area contributed by atoms with Gasteiger partial charge in [-0.05, 0) is 53.0 Å². The topological polar surface area (TPSA) is 92.8 Å². The summed E-state index contributed by atoms with van der Waals surface area (Å²) < 4.78 is 32.5. The lowest BCUT2D eigenvalue weighted by Crippen LogP contribution is -2.40. The molecule has 1 N–H and O–H groups in total. The van der Waals surface area contributed by atoms with Crippen LogP contribution in [0, 0.1) is 5.92 Å².